The topological polar surface area (TPSA) is 60.1 Å². The first kappa shape index (κ1) is 16.9. The fraction of sp³-hybridized carbons (Fsp3) is 0.0526. The molecule has 0 amide bonds. The summed E-state index contributed by atoms with van der Waals surface area (Å²) >= 11 is 4.26. The molecule has 5 nitrogen and oxygen atoms in total. The highest BCUT2D eigenvalue weighted by Crippen LogP contribution is 2.21. The molecule has 0 atom stereocenters. The lowest BCUT2D eigenvalue weighted by molar-refractivity contribution is -0.686. The van der Waals surface area contributed by atoms with Gasteiger partial charge in [0.2, 0.25) is 12.3 Å². The van der Waals surface area contributed by atoms with Crippen LogP contribution in [0.1, 0.15) is 20.8 Å². The van der Waals surface area contributed by atoms with Gasteiger partial charge >= 0.3 is 11.7 Å². The number of hydrogen-bond acceptors (Lipinski definition) is 5. The number of esters is 1. The third-order valence-electron chi connectivity index (χ3n) is 3.53. The number of para-hydroxylation sites is 1. The van der Waals surface area contributed by atoms with Crippen molar-refractivity contribution >= 4 is 24.4 Å². The maximum Gasteiger partial charge on any atom is 0.410 e. The Bertz CT molecular complexity index is 913. The van der Waals surface area contributed by atoms with Crippen molar-refractivity contribution in [1.82, 2.24) is 4.98 Å². The van der Waals surface area contributed by atoms with Crippen LogP contribution in [0.4, 0.5) is 0 Å². The van der Waals surface area contributed by atoms with Gasteiger partial charge in [0.15, 0.2) is 6.20 Å². The van der Waals surface area contributed by atoms with Crippen LogP contribution in [0.3, 0.4) is 0 Å². The van der Waals surface area contributed by atoms with Crippen molar-refractivity contribution in [3.63, 3.8) is 0 Å². The van der Waals surface area contributed by atoms with Crippen molar-refractivity contribution in [2.75, 3.05) is 0 Å². The van der Waals surface area contributed by atoms with Gasteiger partial charge in [0.05, 0.1) is 6.20 Å². The second kappa shape index (κ2) is 7.72. The molecule has 1 heterocycles. The number of Topliss-reactive ketones (excluding diaryl/α,β-unsaturated/α-hetero) is 1. The van der Waals surface area contributed by atoms with E-state index in [-0.39, 0.29) is 18.0 Å². The maximum atomic E-state index is 12.5. The van der Waals surface area contributed by atoms with E-state index in [0.29, 0.717) is 16.2 Å². The van der Waals surface area contributed by atoms with Crippen LogP contribution in [0.25, 0.3) is 0 Å². The number of ether oxygens (including phenoxy) is 1. The molecule has 3 aromatic rings. The Morgan fingerprint density at radius 3 is 2.52 bits per heavy atom. The molecule has 0 fully saturated rings. The minimum Gasteiger partial charge on any atom is -0.417 e. The van der Waals surface area contributed by atoms with Crippen molar-refractivity contribution < 1.29 is 18.9 Å². The molecule has 0 unspecified atom stereocenters. The molecule has 2 aromatic carbocycles. The van der Waals surface area contributed by atoms with Gasteiger partial charge in [0.1, 0.15) is 11.9 Å². The first-order valence-electron chi connectivity index (χ1n) is 7.57. The highest BCUT2D eigenvalue weighted by atomic mass is 32.1. The minimum atomic E-state index is -0.601. The van der Waals surface area contributed by atoms with Gasteiger partial charge in [0, 0.05) is 10.5 Å². The van der Waals surface area contributed by atoms with Gasteiger partial charge in [-0.2, -0.15) is 4.57 Å². The van der Waals surface area contributed by atoms with Gasteiger partial charge in [-0.1, -0.05) is 42.5 Å². The van der Waals surface area contributed by atoms with Gasteiger partial charge in [-0.15, -0.1) is 12.6 Å². The van der Waals surface area contributed by atoms with Crippen LogP contribution in [0.15, 0.2) is 78.1 Å². The third-order valence-corrected chi connectivity index (χ3v) is 3.90. The Morgan fingerprint density at radius 2 is 1.76 bits per heavy atom. The SMILES string of the molecule is O=C(C[n+]1ccncc1C(=O)Oc1ccccc1S)c1ccccc1. The predicted molar refractivity (Wildman–Crippen MR) is 93.9 cm³/mol. The van der Waals surface area contributed by atoms with E-state index >= 15 is 0 Å². The van der Waals surface area contributed by atoms with Gasteiger partial charge in [-0.05, 0) is 12.1 Å². The average Bonchev–Trinajstić information content (AvgIpc) is 2.64. The zero-order chi connectivity index (χ0) is 17.6. The molecule has 124 valence electrons. The number of nitrogens with zero attached hydrogens (tertiary/aromatic N) is 2. The fourth-order valence-corrected chi connectivity index (χ4v) is 2.47. The Hall–Kier alpha value is -2.99. The lowest BCUT2D eigenvalue weighted by Gasteiger charge is -2.06. The molecule has 0 saturated heterocycles. The molecule has 0 aliphatic rings. The van der Waals surface area contributed by atoms with Crippen molar-refractivity contribution in [2.45, 2.75) is 11.4 Å². The number of aromatic nitrogens is 2. The quantitative estimate of drug-likeness (QED) is 0.252. The van der Waals surface area contributed by atoms with Gasteiger partial charge in [-0.3, -0.25) is 9.78 Å². The standard InChI is InChI=1S/C19H14N2O3S/c22-16(14-6-2-1-3-7-14)13-21-11-10-20-12-15(21)19(23)24-17-8-4-5-9-18(17)25/h1-12H,13H2/p+1. The van der Waals surface area contributed by atoms with Crippen LogP contribution >= 0.6 is 12.6 Å². The van der Waals surface area contributed by atoms with Gasteiger partial charge in [0.25, 0.3) is 0 Å². The van der Waals surface area contributed by atoms with E-state index in [9.17, 15) is 9.59 Å². The van der Waals surface area contributed by atoms with Crippen molar-refractivity contribution in [1.29, 1.82) is 0 Å². The summed E-state index contributed by atoms with van der Waals surface area (Å²) < 4.78 is 6.89. The maximum absolute atomic E-state index is 12.5. The second-order valence-electron chi connectivity index (χ2n) is 5.24. The predicted octanol–water partition coefficient (Wildman–Crippen LogP) is 2.76. The lowest BCUT2D eigenvalue weighted by atomic mass is 10.1. The summed E-state index contributed by atoms with van der Waals surface area (Å²) in [7, 11) is 0. The van der Waals surface area contributed by atoms with Crippen LogP contribution in [-0.4, -0.2) is 16.7 Å². The molecule has 3 rings (SSSR count). The lowest BCUT2D eigenvalue weighted by Crippen LogP contribution is -2.44. The van der Waals surface area contributed by atoms with Crippen molar-refractivity contribution in [2.24, 2.45) is 0 Å². The van der Waals surface area contributed by atoms with Gasteiger partial charge < -0.3 is 4.74 Å². The van der Waals surface area contributed by atoms with Crippen LogP contribution in [0.2, 0.25) is 0 Å². The molecule has 0 aliphatic heterocycles. The monoisotopic (exact) mass is 351 g/mol. The Balaban J connectivity index is 1.82. The summed E-state index contributed by atoms with van der Waals surface area (Å²) in [5.74, 6) is -0.364. The van der Waals surface area contributed by atoms with Crippen LogP contribution in [0, 0.1) is 0 Å². The molecule has 0 saturated carbocycles. The molecular weight excluding hydrogens is 336 g/mol. The molecule has 0 radical (unpaired) electrons. The normalized spacial score (nSPS) is 10.3. The molecule has 0 spiro atoms. The van der Waals surface area contributed by atoms with E-state index in [1.54, 1.807) is 54.7 Å². The number of hydrogen-bond donors (Lipinski definition) is 1. The zero-order valence-electron chi connectivity index (χ0n) is 13.2. The largest absolute Gasteiger partial charge is 0.417 e. The highest BCUT2D eigenvalue weighted by Gasteiger charge is 2.24. The molecule has 0 aliphatic carbocycles. The molecule has 6 heteroatoms. The number of carbonyl (C=O) groups excluding carboxylic acids is 2. The molecule has 0 bridgehead atoms. The third kappa shape index (κ3) is 4.10. The van der Waals surface area contributed by atoms with Crippen LogP contribution in [-0.2, 0) is 6.54 Å². The van der Waals surface area contributed by atoms with E-state index in [1.807, 2.05) is 6.07 Å². The number of thiol groups is 1. The summed E-state index contributed by atoms with van der Waals surface area (Å²) in [6, 6.07) is 15.8. The molecule has 1 aromatic heterocycles. The number of rotatable bonds is 5. The van der Waals surface area contributed by atoms with E-state index < -0.39 is 5.97 Å². The second-order valence-corrected chi connectivity index (χ2v) is 5.72. The summed E-state index contributed by atoms with van der Waals surface area (Å²) in [5.41, 5.74) is 0.759. The van der Waals surface area contributed by atoms with E-state index in [2.05, 4.69) is 17.6 Å². The van der Waals surface area contributed by atoms with Crippen molar-refractivity contribution in [3.05, 3.63) is 84.4 Å². The summed E-state index contributed by atoms with van der Waals surface area (Å²) in [5, 5.41) is 0. The van der Waals surface area contributed by atoms with Gasteiger partial charge in [-0.25, -0.2) is 4.79 Å². The first-order valence-corrected chi connectivity index (χ1v) is 8.02. The average molecular weight is 351 g/mol. The van der Waals surface area contributed by atoms with E-state index in [0.717, 1.165) is 0 Å². The Labute approximate surface area is 150 Å². The summed E-state index contributed by atoms with van der Waals surface area (Å²) in [4.78, 5) is 29.4. The zero-order valence-corrected chi connectivity index (χ0v) is 14.1. The first-order chi connectivity index (χ1) is 12.1. The minimum absolute atomic E-state index is 0.0134. The smallest absolute Gasteiger partial charge is 0.410 e. The summed E-state index contributed by atoms with van der Waals surface area (Å²) in [6.07, 6.45) is 4.47. The number of benzene rings is 2. The Morgan fingerprint density at radius 1 is 1.04 bits per heavy atom. The fourth-order valence-electron chi connectivity index (χ4n) is 2.26. The van der Waals surface area contributed by atoms with Crippen LogP contribution < -0.4 is 9.30 Å². The molecule has 0 N–H and O–H groups in total. The highest BCUT2D eigenvalue weighted by molar-refractivity contribution is 7.80. The molecular formula is C19H15N2O3S+. The number of ketones is 1. The summed E-state index contributed by atoms with van der Waals surface area (Å²) in [6.45, 7) is 0.0134. The Kier molecular flexibility index (Phi) is 5.20. The van der Waals surface area contributed by atoms with E-state index in [4.69, 9.17) is 4.74 Å². The number of carbonyl (C=O) groups is 2. The van der Waals surface area contributed by atoms with Crippen LogP contribution in [0.5, 0.6) is 5.75 Å². The van der Waals surface area contributed by atoms with E-state index in [1.165, 1.54) is 17.0 Å². The van der Waals surface area contributed by atoms with Crippen molar-refractivity contribution in [3.8, 4) is 5.75 Å². The molecule has 25 heavy (non-hydrogen) atoms.